The maximum absolute atomic E-state index is 11.7. The SMILES string of the molecule is CCCCCNc1c(N(CC)CC)c(=O)c1=S. The van der Waals surface area contributed by atoms with Gasteiger partial charge in [0.1, 0.15) is 10.2 Å². The molecule has 0 amide bonds. The van der Waals surface area contributed by atoms with Crippen LogP contribution in [0.15, 0.2) is 4.79 Å². The van der Waals surface area contributed by atoms with E-state index in [1.165, 1.54) is 12.8 Å². The highest BCUT2D eigenvalue weighted by atomic mass is 32.1. The summed E-state index contributed by atoms with van der Waals surface area (Å²) in [5.41, 5.74) is 1.71. The number of hydrogen-bond donors (Lipinski definition) is 1. The molecule has 0 unspecified atom stereocenters. The highest BCUT2D eigenvalue weighted by Gasteiger charge is 2.21. The fraction of sp³-hybridized carbons (Fsp3) is 0.692. The normalized spacial score (nSPS) is 10.8. The second-order valence-corrected chi connectivity index (χ2v) is 4.60. The Morgan fingerprint density at radius 2 is 1.82 bits per heavy atom. The number of nitrogens with one attached hydrogen (secondary N) is 1. The van der Waals surface area contributed by atoms with Crippen molar-refractivity contribution in [2.45, 2.75) is 40.0 Å². The Hall–Kier alpha value is -0.900. The van der Waals surface area contributed by atoms with Gasteiger partial charge in [-0.3, -0.25) is 4.79 Å². The standard InChI is InChI=1S/C13H22N2OS/c1-4-7-8-9-14-10-11(12(16)13(10)17)15(5-2)6-3/h14H,4-9H2,1-3H3. The van der Waals surface area contributed by atoms with Crippen molar-refractivity contribution in [1.82, 2.24) is 0 Å². The lowest BCUT2D eigenvalue weighted by molar-refractivity contribution is 0.742. The summed E-state index contributed by atoms with van der Waals surface area (Å²) in [5.74, 6) is 0. The molecule has 0 saturated heterocycles. The van der Waals surface area contributed by atoms with Gasteiger partial charge in [-0.2, -0.15) is 0 Å². The van der Waals surface area contributed by atoms with E-state index in [0.29, 0.717) is 4.51 Å². The van der Waals surface area contributed by atoms with E-state index in [-0.39, 0.29) is 5.43 Å². The van der Waals surface area contributed by atoms with Gasteiger partial charge in [-0.1, -0.05) is 32.0 Å². The molecular weight excluding hydrogens is 232 g/mol. The third-order valence-corrected chi connectivity index (χ3v) is 3.44. The molecule has 0 saturated carbocycles. The summed E-state index contributed by atoms with van der Waals surface area (Å²) in [6, 6.07) is 0. The monoisotopic (exact) mass is 254 g/mol. The molecule has 1 rings (SSSR count). The molecule has 17 heavy (non-hydrogen) atoms. The van der Waals surface area contributed by atoms with E-state index in [2.05, 4.69) is 31.0 Å². The predicted octanol–water partition coefficient (Wildman–Crippen LogP) is 3.10. The number of rotatable bonds is 8. The number of anilines is 2. The largest absolute Gasteiger partial charge is 0.382 e. The second kappa shape index (κ2) is 6.74. The van der Waals surface area contributed by atoms with Crippen LogP contribution in [-0.4, -0.2) is 19.6 Å². The first-order valence-electron chi connectivity index (χ1n) is 6.49. The van der Waals surface area contributed by atoms with E-state index in [1.54, 1.807) is 0 Å². The minimum Gasteiger partial charge on any atom is -0.382 e. The Bertz CT molecular complexity index is 417. The van der Waals surface area contributed by atoms with Gasteiger partial charge in [0.05, 0.1) is 5.69 Å². The van der Waals surface area contributed by atoms with Crippen LogP contribution in [0.25, 0.3) is 0 Å². The van der Waals surface area contributed by atoms with Crippen LogP contribution in [0.3, 0.4) is 0 Å². The number of nitrogens with zero attached hydrogens (tertiary/aromatic N) is 1. The van der Waals surface area contributed by atoms with Crippen LogP contribution in [-0.2, 0) is 0 Å². The average molecular weight is 254 g/mol. The van der Waals surface area contributed by atoms with Gasteiger partial charge in [0.15, 0.2) is 0 Å². The van der Waals surface area contributed by atoms with Crippen LogP contribution < -0.4 is 15.6 Å². The van der Waals surface area contributed by atoms with E-state index in [1.807, 2.05) is 0 Å². The van der Waals surface area contributed by atoms with Gasteiger partial charge in [-0.25, -0.2) is 0 Å². The van der Waals surface area contributed by atoms with E-state index in [4.69, 9.17) is 12.2 Å². The third kappa shape index (κ3) is 3.06. The van der Waals surface area contributed by atoms with Gasteiger partial charge in [-0.05, 0) is 20.3 Å². The summed E-state index contributed by atoms with van der Waals surface area (Å²) in [7, 11) is 0. The molecule has 0 spiro atoms. The zero-order chi connectivity index (χ0) is 12.8. The lowest BCUT2D eigenvalue weighted by atomic mass is 10.1. The molecule has 0 atom stereocenters. The van der Waals surface area contributed by atoms with Crippen molar-refractivity contribution in [3.63, 3.8) is 0 Å². The number of hydrogen-bond acceptors (Lipinski definition) is 4. The van der Waals surface area contributed by atoms with Crippen LogP contribution in [0, 0.1) is 4.51 Å². The molecule has 0 aliphatic carbocycles. The fourth-order valence-corrected chi connectivity index (χ4v) is 2.24. The van der Waals surface area contributed by atoms with Crippen LogP contribution in [0.4, 0.5) is 11.4 Å². The van der Waals surface area contributed by atoms with Crippen molar-refractivity contribution >= 4 is 23.6 Å². The van der Waals surface area contributed by atoms with Gasteiger partial charge in [0.25, 0.3) is 0 Å². The Morgan fingerprint density at radius 3 is 2.35 bits per heavy atom. The molecule has 0 bridgehead atoms. The highest BCUT2D eigenvalue weighted by Crippen LogP contribution is 2.26. The maximum atomic E-state index is 11.7. The smallest absolute Gasteiger partial charge is 0.224 e. The summed E-state index contributed by atoms with van der Waals surface area (Å²) in [6.45, 7) is 8.89. The van der Waals surface area contributed by atoms with Crippen molar-refractivity contribution in [2.24, 2.45) is 0 Å². The Labute approximate surface area is 109 Å². The van der Waals surface area contributed by atoms with E-state index in [9.17, 15) is 4.79 Å². The first kappa shape index (κ1) is 14.2. The van der Waals surface area contributed by atoms with Gasteiger partial charge in [0.2, 0.25) is 5.43 Å². The van der Waals surface area contributed by atoms with Crippen molar-refractivity contribution < 1.29 is 0 Å². The zero-order valence-electron chi connectivity index (χ0n) is 11.0. The summed E-state index contributed by atoms with van der Waals surface area (Å²) in [6.07, 6.45) is 3.54. The van der Waals surface area contributed by atoms with Crippen LogP contribution in [0.2, 0.25) is 0 Å². The predicted molar refractivity (Wildman–Crippen MR) is 77.5 cm³/mol. The topological polar surface area (TPSA) is 32.3 Å². The molecule has 0 fully saturated rings. The van der Waals surface area contributed by atoms with E-state index < -0.39 is 0 Å². The fourth-order valence-electron chi connectivity index (χ4n) is 1.97. The average Bonchev–Trinajstić information content (AvgIpc) is 2.36. The maximum Gasteiger partial charge on any atom is 0.224 e. The molecule has 1 N–H and O–H groups in total. The first-order valence-corrected chi connectivity index (χ1v) is 6.90. The van der Waals surface area contributed by atoms with Crippen molar-refractivity contribution in [3.05, 3.63) is 14.7 Å². The first-order chi connectivity index (χ1) is 8.17. The Kier molecular flexibility index (Phi) is 5.62. The van der Waals surface area contributed by atoms with Gasteiger partial charge in [0, 0.05) is 19.6 Å². The van der Waals surface area contributed by atoms with Gasteiger partial charge >= 0.3 is 0 Å². The molecule has 0 radical (unpaired) electrons. The molecule has 4 heteroatoms. The molecule has 0 aliphatic heterocycles. The minimum absolute atomic E-state index is 0.0293. The molecule has 0 heterocycles. The Morgan fingerprint density at radius 1 is 1.18 bits per heavy atom. The quantitative estimate of drug-likeness (QED) is 0.571. The van der Waals surface area contributed by atoms with E-state index >= 15 is 0 Å². The third-order valence-electron chi connectivity index (χ3n) is 3.05. The van der Waals surface area contributed by atoms with Crippen molar-refractivity contribution in [2.75, 3.05) is 29.9 Å². The highest BCUT2D eigenvalue weighted by molar-refractivity contribution is 7.71. The Balaban J connectivity index is 2.69. The summed E-state index contributed by atoms with van der Waals surface area (Å²) >= 11 is 5.10. The summed E-state index contributed by atoms with van der Waals surface area (Å²) in [4.78, 5) is 13.8. The van der Waals surface area contributed by atoms with E-state index in [0.717, 1.165) is 37.4 Å². The zero-order valence-corrected chi connectivity index (χ0v) is 11.8. The number of unbranched alkanes of at least 4 members (excludes halogenated alkanes) is 2. The van der Waals surface area contributed by atoms with Crippen molar-refractivity contribution in [3.8, 4) is 0 Å². The van der Waals surface area contributed by atoms with Gasteiger partial charge in [-0.15, -0.1) is 0 Å². The lowest BCUT2D eigenvalue weighted by Crippen LogP contribution is -2.32. The molecule has 0 aliphatic rings. The molecular formula is C13H22N2OS. The van der Waals surface area contributed by atoms with Crippen molar-refractivity contribution in [1.29, 1.82) is 0 Å². The van der Waals surface area contributed by atoms with Crippen LogP contribution >= 0.6 is 12.2 Å². The summed E-state index contributed by atoms with van der Waals surface area (Å²) in [5, 5.41) is 3.31. The van der Waals surface area contributed by atoms with Crippen LogP contribution in [0.1, 0.15) is 40.0 Å². The van der Waals surface area contributed by atoms with Crippen LogP contribution in [0.5, 0.6) is 0 Å². The van der Waals surface area contributed by atoms with Gasteiger partial charge < -0.3 is 10.2 Å². The molecule has 3 nitrogen and oxygen atoms in total. The minimum atomic E-state index is 0.0293. The molecule has 1 aromatic carbocycles. The molecule has 1 aromatic rings. The summed E-state index contributed by atoms with van der Waals surface area (Å²) < 4.78 is 0.475. The molecule has 0 aromatic heterocycles. The second-order valence-electron chi connectivity index (χ2n) is 4.19. The lowest BCUT2D eigenvalue weighted by Gasteiger charge is -2.26. The molecule has 96 valence electrons.